The third-order valence-electron chi connectivity index (χ3n) is 2.22. The fraction of sp³-hybridized carbons (Fsp3) is 0.500. The van der Waals surface area contributed by atoms with Crippen molar-refractivity contribution in [2.45, 2.75) is 25.4 Å². The maximum absolute atomic E-state index is 5.53. The minimum absolute atomic E-state index is 0. The van der Waals surface area contributed by atoms with E-state index in [0.29, 0.717) is 6.10 Å². The zero-order valence-electron chi connectivity index (χ0n) is 7.62. The van der Waals surface area contributed by atoms with Crippen molar-refractivity contribution in [3.8, 4) is 0 Å². The van der Waals surface area contributed by atoms with Gasteiger partial charge in [-0.15, -0.1) is 0 Å². The predicted octanol–water partition coefficient (Wildman–Crippen LogP) is -0.869. The molecule has 0 bridgehead atoms. The summed E-state index contributed by atoms with van der Waals surface area (Å²) < 4.78 is 5.53. The van der Waals surface area contributed by atoms with Crippen LogP contribution in [-0.4, -0.2) is 12.7 Å². The van der Waals surface area contributed by atoms with E-state index in [4.69, 9.17) is 4.74 Å². The van der Waals surface area contributed by atoms with E-state index >= 15 is 0 Å². The monoisotopic (exact) mass is 188 g/mol. The van der Waals surface area contributed by atoms with Crippen LogP contribution in [0.3, 0.4) is 0 Å². The van der Waals surface area contributed by atoms with Crippen molar-refractivity contribution in [2.24, 2.45) is 0 Å². The molecule has 1 nitrogen and oxygen atoms in total. The van der Waals surface area contributed by atoms with Crippen LogP contribution in [0.1, 0.15) is 18.4 Å². The summed E-state index contributed by atoms with van der Waals surface area (Å²) in [7, 11) is 0. The molecule has 0 aliphatic carbocycles. The van der Waals surface area contributed by atoms with Crippen molar-refractivity contribution < 1.29 is 56.1 Å². The molecule has 0 saturated carbocycles. The summed E-state index contributed by atoms with van der Waals surface area (Å²) in [4.78, 5) is 0. The van der Waals surface area contributed by atoms with Gasteiger partial charge in [0.15, 0.2) is 0 Å². The first-order chi connectivity index (χ1) is 5.45. The molecule has 1 aromatic rings. The maximum Gasteiger partial charge on any atom is 1.00 e. The van der Waals surface area contributed by atoms with Crippen molar-refractivity contribution in [1.82, 2.24) is 0 Å². The van der Waals surface area contributed by atoms with Gasteiger partial charge in [-0.25, -0.2) is 12.1 Å². The van der Waals surface area contributed by atoms with E-state index < -0.39 is 0 Å². The van der Waals surface area contributed by atoms with Gasteiger partial charge in [0.1, 0.15) is 0 Å². The zero-order chi connectivity index (χ0) is 7.52. The SMILES string of the molecule is [K+].c1cc[c-](CC2CCCO2)c1. The van der Waals surface area contributed by atoms with Crippen LogP contribution in [0, 0.1) is 0 Å². The van der Waals surface area contributed by atoms with Crippen LogP contribution >= 0.6 is 0 Å². The van der Waals surface area contributed by atoms with Crippen LogP contribution in [0.2, 0.25) is 0 Å². The summed E-state index contributed by atoms with van der Waals surface area (Å²) in [5.74, 6) is 0. The quantitative estimate of drug-likeness (QED) is 0.433. The summed E-state index contributed by atoms with van der Waals surface area (Å²) in [5.41, 5.74) is 1.41. The molecule has 1 atom stereocenters. The fourth-order valence-electron chi connectivity index (χ4n) is 1.62. The molecule has 60 valence electrons. The topological polar surface area (TPSA) is 9.23 Å². The molecular formula is C10H13KO. The zero-order valence-corrected chi connectivity index (χ0v) is 10.7. The average Bonchev–Trinajstić information content (AvgIpc) is 2.60. The van der Waals surface area contributed by atoms with Crippen LogP contribution < -0.4 is 51.4 Å². The standard InChI is InChI=1S/C10H13O.K/c1-2-5-9(4-1)8-10-6-3-7-11-10;/h1-2,4-5,10H,3,6-8H2;/q-1;+1. The second kappa shape index (κ2) is 5.63. The van der Waals surface area contributed by atoms with Crippen LogP contribution in [-0.2, 0) is 11.2 Å². The molecule has 1 unspecified atom stereocenters. The Hall–Kier alpha value is 0.946. The minimum atomic E-state index is 0. The van der Waals surface area contributed by atoms with E-state index in [1.807, 2.05) is 0 Å². The van der Waals surface area contributed by atoms with Gasteiger partial charge in [0.2, 0.25) is 0 Å². The molecule has 12 heavy (non-hydrogen) atoms. The van der Waals surface area contributed by atoms with Gasteiger partial charge in [-0.3, -0.25) is 0 Å². The van der Waals surface area contributed by atoms with Crippen LogP contribution in [0.15, 0.2) is 24.3 Å². The van der Waals surface area contributed by atoms with Gasteiger partial charge in [-0.2, -0.15) is 17.7 Å². The smallest absolute Gasteiger partial charge is 0.379 e. The first-order valence-electron chi connectivity index (χ1n) is 4.27. The largest absolute Gasteiger partial charge is 1.00 e. The fourth-order valence-corrected chi connectivity index (χ4v) is 1.62. The van der Waals surface area contributed by atoms with Crippen molar-refractivity contribution >= 4 is 0 Å². The Balaban J connectivity index is 0.000000720. The Kier molecular flexibility index (Phi) is 5.17. The van der Waals surface area contributed by atoms with Gasteiger partial charge in [0.25, 0.3) is 0 Å². The second-order valence-electron chi connectivity index (χ2n) is 3.13. The van der Waals surface area contributed by atoms with Gasteiger partial charge < -0.3 is 4.74 Å². The predicted molar refractivity (Wildman–Crippen MR) is 44.7 cm³/mol. The second-order valence-corrected chi connectivity index (χ2v) is 3.13. The van der Waals surface area contributed by atoms with Gasteiger partial charge >= 0.3 is 51.4 Å². The van der Waals surface area contributed by atoms with Crippen LogP contribution in [0.4, 0.5) is 0 Å². The maximum atomic E-state index is 5.53. The molecule has 0 spiro atoms. The first kappa shape index (κ1) is 11.0. The molecule has 0 radical (unpaired) electrons. The van der Waals surface area contributed by atoms with Gasteiger partial charge in [-0.05, 0) is 19.3 Å². The summed E-state index contributed by atoms with van der Waals surface area (Å²) >= 11 is 0. The van der Waals surface area contributed by atoms with Gasteiger partial charge in [0, 0.05) is 6.61 Å². The normalized spacial score (nSPS) is 22.2. The number of ether oxygens (including phenoxy) is 1. The Morgan fingerprint density at radius 3 is 2.67 bits per heavy atom. The van der Waals surface area contributed by atoms with Gasteiger partial charge in [-0.1, -0.05) is 0 Å². The molecule has 1 aliphatic heterocycles. The molecule has 1 fully saturated rings. The molecule has 1 saturated heterocycles. The molecular weight excluding hydrogens is 175 g/mol. The third-order valence-corrected chi connectivity index (χ3v) is 2.22. The Bertz CT molecular complexity index is 200. The number of hydrogen-bond acceptors (Lipinski definition) is 1. The summed E-state index contributed by atoms with van der Waals surface area (Å²) in [6.07, 6.45) is 4.08. The van der Waals surface area contributed by atoms with E-state index in [1.165, 1.54) is 18.4 Å². The van der Waals surface area contributed by atoms with Gasteiger partial charge in [0.05, 0.1) is 6.10 Å². The van der Waals surface area contributed by atoms with E-state index in [2.05, 4.69) is 24.3 Å². The van der Waals surface area contributed by atoms with E-state index in [9.17, 15) is 0 Å². The molecule has 0 N–H and O–H groups in total. The molecule has 0 aromatic heterocycles. The number of rotatable bonds is 2. The van der Waals surface area contributed by atoms with E-state index in [1.54, 1.807) is 0 Å². The summed E-state index contributed by atoms with van der Waals surface area (Å²) in [5, 5.41) is 0. The molecule has 2 heteroatoms. The number of hydrogen-bond donors (Lipinski definition) is 0. The molecule has 1 aliphatic rings. The van der Waals surface area contributed by atoms with Crippen molar-refractivity contribution in [3.63, 3.8) is 0 Å². The van der Waals surface area contributed by atoms with Crippen LogP contribution in [0.5, 0.6) is 0 Å². The third kappa shape index (κ3) is 3.02. The molecule has 2 rings (SSSR count). The minimum Gasteiger partial charge on any atom is -0.379 e. The van der Waals surface area contributed by atoms with Crippen molar-refractivity contribution in [1.29, 1.82) is 0 Å². The summed E-state index contributed by atoms with van der Waals surface area (Å²) in [6, 6.07) is 8.51. The first-order valence-corrected chi connectivity index (χ1v) is 4.27. The van der Waals surface area contributed by atoms with Crippen molar-refractivity contribution in [3.05, 3.63) is 29.8 Å². The Labute approximate surface area is 116 Å². The summed E-state index contributed by atoms with van der Waals surface area (Å²) in [6.45, 7) is 0.964. The van der Waals surface area contributed by atoms with Crippen LogP contribution in [0.25, 0.3) is 0 Å². The van der Waals surface area contributed by atoms with Crippen molar-refractivity contribution in [2.75, 3.05) is 6.61 Å². The van der Waals surface area contributed by atoms with E-state index in [-0.39, 0.29) is 51.4 Å². The molecule has 1 aromatic carbocycles. The molecule has 1 heterocycles. The van der Waals surface area contributed by atoms with E-state index in [0.717, 1.165) is 13.0 Å². The average molecular weight is 188 g/mol. The Morgan fingerprint density at radius 1 is 1.33 bits per heavy atom. The molecule has 0 amide bonds. The Morgan fingerprint density at radius 2 is 2.08 bits per heavy atom.